The number of halogens is 1. The van der Waals surface area contributed by atoms with Gasteiger partial charge >= 0.3 is 0 Å². The van der Waals surface area contributed by atoms with E-state index in [4.69, 9.17) is 5.73 Å². The molecule has 7 nitrogen and oxygen atoms in total. The third-order valence-corrected chi connectivity index (χ3v) is 10.2. The summed E-state index contributed by atoms with van der Waals surface area (Å²) in [6.45, 7) is 1.60. The fourth-order valence-corrected chi connectivity index (χ4v) is 8.61. The van der Waals surface area contributed by atoms with Gasteiger partial charge in [0.05, 0.1) is 4.90 Å². The van der Waals surface area contributed by atoms with Gasteiger partial charge in [0.2, 0.25) is 21.8 Å². The molecule has 6 rings (SSSR count). The summed E-state index contributed by atoms with van der Waals surface area (Å²) in [4.78, 5) is 25.4. The van der Waals surface area contributed by atoms with E-state index in [1.54, 1.807) is 6.92 Å². The van der Waals surface area contributed by atoms with Crippen molar-refractivity contribution in [2.24, 2.45) is 28.9 Å². The van der Waals surface area contributed by atoms with Crippen LogP contribution in [0.1, 0.15) is 56.9 Å². The molecule has 5 fully saturated rings. The number of hydrogen-bond donors (Lipinski definition) is 3. The van der Waals surface area contributed by atoms with Crippen LogP contribution in [0.15, 0.2) is 23.1 Å². The van der Waals surface area contributed by atoms with Crippen molar-refractivity contribution in [3.8, 4) is 0 Å². The number of hydrogen-bond acceptors (Lipinski definition) is 4. The molecule has 5 saturated carbocycles. The number of carbonyl (C=O) groups is 2. The van der Waals surface area contributed by atoms with Gasteiger partial charge in [0.1, 0.15) is 11.4 Å². The number of primary amides is 1. The number of sulfonamides is 1. The summed E-state index contributed by atoms with van der Waals surface area (Å²) in [5, 5.41) is 3.17. The predicted molar refractivity (Wildman–Crippen MR) is 115 cm³/mol. The maximum absolute atomic E-state index is 13.7. The highest BCUT2D eigenvalue weighted by Gasteiger charge is 2.59. The minimum absolute atomic E-state index is 0.0654. The van der Waals surface area contributed by atoms with Crippen LogP contribution in [0.3, 0.4) is 0 Å². The molecule has 0 heterocycles. The number of nitrogens with one attached hydrogen (secondary N) is 2. The van der Waals surface area contributed by atoms with E-state index in [0.29, 0.717) is 37.2 Å². The third kappa shape index (κ3) is 3.36. The molecule has 2 amide bonds. The number of rotatable bonds is 6. The lowest BCUT2D eigenvalue weighted by Crippen LogP contribution is -2.68. The Bertz CT molecular complexity index is 1070. The highest BCUT2D eigenvalue weighted by atomic mass is 32.2. The van der Waals surface area contributed by atoms with Gasteiger partial charge in [-0.3, -0.25) is 9.59 Å². The van der Waals surface area contributed by atoms with E-state index in [2.05, 4.69) is 10.0 Å². The summed E-state index contributed by atoms with van der Waals surface area (Å²) >= 11 is 0. The molecule has 4 N–H and O–H groups in total. The van der Waals surface area contributed by atoms with Gasteiger partial charge in [-0.1, -0.05) is 6.07 Å². The largest absolute Gasteiger partial charge is 0.369 e. The highest BCUT2D eigenvalue weighted by molar-refractivity contribution is 7.89. The first kappa shape index (κ1) is 21.8. The third-order valence-electron chi connectivity index (χ3n) is 8.50. The number of aryl methyl sites for hydroxylation is 1. The zero-order chi connectivity index (χ0) is 22.9. The van der Waals surface area contributed by atoms with Crippen LogP contribution in [0.25, 0.3) is 0 Å². The van der Waals surface area contributed by atoms with E-state index in [1.165, 1.54) is 12.1 Å². The molecule has 1 aromatic carbocycles. The molecular weight excluding hydrogens is 433 g/mol. The van der Waals surface area contributed by atoms with Crippen LogP contribution in [-0.4, -0.2) is 31.8 Å². The summed E-state index contributed by atoms with van der Waals surface area (Å²) in [6, 6.07) is 3.55. The summed E-state index contributed by atoms with van der Waals surface area (Å²) in [5.41, 5.74) is 4.52. The fourth-order valence-electron chi connectivity index (χ4n) is 6.93. The SMILES string of the molecule is Cc1ccc(F)cc1S(=O)(=O)NC1(C(=O)NC2C3CC4CC2CC(C(N)=O)(C4)C3)CCC1. The Hall–Kier alpha value is -2.00. The average Bonchev–Trinajstić information content (AvgIpc) is 2.68. The summed E-state index contributed by atoms with van der Waals surface area (Å²) in [7, 11) is -4.07. The molecule has 0 aromatic heterocycles. The van der Waals surface area contributed by atoms with Crippen LogP contribution < -0.4 is 15.8 Å². The fraction of sp³-hybridized carbons (Fsp3) is 0.652. The molecule has 0 saturated heterocycles. The number of amides is 2. The Morgan fingerprint density at radius 2 is 1.78 bits per heavy atom. The minimum Gasteiger partial charge on any atom is -0.369 e. The number of carbonyl (C=O) groups excluding carboxylic acids is 2. The van der Waals surface area contributed by atoms with Gasteiger partial charge in [-0.15, -0.1) is 0 Å². The Morgan fingerprint density at radius 1 is 1.12 bits per heavy atom. The molecule has 5 aliphatic rings. The topological polar surface area (TPSA) is 118 Å². The van der Waals surface area contributed by atoms with Gasteiger partial charge in [0.15, 0.2) is 0 Å². The standard InChI is InChI=1S/C23H30FN3O4S/c1-13-3-4-17(24)9-18(13)32(30,31)27-23(5-2-6-23)21(29)26-19-15-7-14-8-16(19)12-22(10-14,11-15)20(25)28/h3-4,9,14-16,19,27H,2,5-8,10-12H2,1H3,(H2,25,28)(H,26,29). The summed E-state index contributed by atoms with van der Waals surface area (Å²) in [5.74, 6) is -0.323. The quantitative estimate of drug-likeness (QED) is 0.599. The van der Waals surface area contributed by atoms with Crippen LogP contribution in [-0.2, 0) is 19.6 Å². The van der Waals surface area contributed by atoms with Crippen LogP contribution in [0.5, 0.6) is 0 Å². The first-order chi connectivity index (χ1) is 15.0. The molecule has 2 atom stereocenters. The lowest BCUT2D eigenvalue weighted by Gasteiger charge is -2.59. The molecule has 2 unspecified atom stereocenters. The Balaban J connectivity index is 1.35. The number of nitrogens with two attached hydrogens (primary N) is 1. The average molecular weight is 464 g/mol. The molecule has 0 aliphatic heterocycles. The molecule has 1 aromatic rings. The van der Waals surface area contributed by atoms with E-state index in [1.807, 2.05) is 0 Å². The van der Waals surface area contributed by atoms with Crippen molar-refractivity contribution in [2.75, 3.05) is 0 Å². The zero-order valence-corrected chi connectivity index (χ0v) is 19.0. The van der Waals surface area contributed by atoms with Gasteiger partial charge in [-0.2, -0.15) is 4.72 Å². The summed E-state index contributed by atoms with van der Waals surface area (Å²) in [6.07, 6.45) is 5.73. The van der Waals surface area contributed by atoms with Gasteiger partial charge in [-0.25, -0.2) is 12.8 Å². The van der Waals surface area contributed by atoms with E-state index in [9.17, 15) is 22.4 Å². The van der Waals surface area contributed by atoms with Crippen molar-refractivity contribution < 1.29 is 22.4 Å². The zero-order valence-electron chi connectivity index (χ0n) is 18.2. The molecular formula is C23H30FN3O4S. The lowest BCUT2D eigenvalue weighted by molar-refractivity contribution is -0.149. The van der Waals surface area contributed by atoms with Gasteiger partial charge < -0.3 is 11.1 Å². The molecule has 4 bridgehead atoms. The monoisotopic (exact) mass is 463 g/mol. The minimum atomic E-state index is -4.07. The Morgan fingerprint density at radius 3 is 2.34 bits per heavy atom. The molecule has 9 heteroatoms. The van der Waals surface area contributed by atoms with E-state index >= 15 is 0 Å². The Labute approximate surface area is 187 Å². The van der Waals surface area contributed by atoms with E-state index < -0.39 is 26.8 Å². The molecule has 32 heavy (non-hydrogen) atoms. The van der Waals surface area contributed by atoms with Crippen molar-refractivity contribution in [1.82, 2.24) is 10.0 Å². The van der Waals surface area contributed by atoms with Crippen molar-refractivity contribution in [1.29, 1.82) is 0 Å². The molecule has 174 valence electrons. The lowest BCUT2D eigenvalue weighted by atomic mass is 9.47. The predicted octanol–water partition coefficient (Wildman–Crippen LogP) is 2.13. The highest BCUT2D eigenvalue weighted by Crippen LogP contribution is 2.60. The van der Waals surface area contributed by atoms with Crippen LogP contribution in [0, 0.1) is 35.9 Å². The van der Waals surface area contributed by atoms with Gasteiger partial charge in [0.25, 0.3) is 0 Å². The van der Waals surface area contributed by atoms with Crippen molar-refractivity contribution in [2.45, 2.75) is 74.8 Å². The van der Waals surface area contributed by atoms with Crippen LogP contribution in [0.2, 0.25) is 0 Å². The maximum atomic E-state index is 13.7. The van der Waals surface area contributed by atoms with E-state index in [0.717, 1.165) is 31.7 Å². The van der Waals surface area contributed by atoms with Crippen LogP contribution >= 0.6 is 0 Å². The molecule has 5 aliphatic carbocycles. The first-order valence-corrected chi connectivity index (χ1v) is 12.9. The van der Waals surface area contributed by atoms with Crippen molar-refractivity contribution >= 4 is 21.8 Å². The molecule has 0 radical (unpaired) electrons. The Kier molecular flexibility index (Phi) is 4.94. The second-order valence-electron chi connectivity index (χ2n) is 10.6. The second-order valence-corrected chi connectivity index (χ2v) is 12.2. The second kappa shape index (κ2) is 7.25. The smallest absolute Gasteiger partial charge is 0.241 e. The van der Waals surface area contributed by atoms with Gasteiger partial charge in [0, 0.05) is 11.5 Å². The van der Waals surface area contributed by atoms with Gasteiger partial charge in [-0.05, 0) is 93.7 Å². The maximum Gasteiger partial charge on any atom is 0.241 e. The first-order valence-electron chi connectivity index (χ1n) is 11.4. The van der Waals surface area contributed by atoms with Crippen molar-refractivity contribution in [3.05, 3.63) is 29.6 Å². The summed E-state index contributed by atoms with van der Waals surface area (Å²) < 4.78 is 42.5. The molecule has 0 spiro atoms. The normalized spacial score (nSPS) is 34.7. The van der Waals surface area contributed by atoms with Crippen molar-refractivity contribution in [3.63, 3.8) is 0 Å². The number of benzene rings is 1. The van der Waals surface area contributed by atoms with Crippen LogP contribution in [0.4, 0.5) is 4.39 Å². The van der Waals surface area contributed by atoms with E-state index in [-0.39, 0.29) is 34.6 Å².